The highest BCUT2D eigenvalue weighted by atomic mass is 16.3. The van der Waals surface area contributed by atoms with Crippen molar-refractivity contribution in [3.05, 3.63) is 47.3 Å². The molecule has 0 aromatic carbocycles. The summed E-state index contributed by atoms with van der Waals surface area (Å²) in [6.45, 7) is 5.09. The highest BCUT2D eigenvalue weighted by molar-refractivity contribution is 6.10. The molecule has 0 amide bonds. The molecule has 28 heavy (non-hydrogen) atoms. The predicted octanol–water partition coefficient (Wildman–Crippen LogP) is 2.79. The maximum Gasteiger partial charge on any atom is 0.215 e. The number of nitrogens with zero attached hydrogens (tertiary/aromatic N) is 3. The van der Waals surface area contributed by atoms with Crippen LogP contribution in [0.2, 0.25) is 0 Å². The number of nitrogen functional groups attached to an aromatic ring is 1. The predicted molar refractivity (Wildman–Crippen MR) is 110 cm³/mol. The van der Waals surface area contributed by atoms with Gasteiger partial charge in [0.05, 0.1) is 5.56 Å². The molecule has 0 spiro atoms. The minimum absolute atomic E-state index is 0.140. The molecule has 2 aromatic rings. The van der Waals surface area contributed by atoms with Crippen LogP contribution in [0.4, 0.5) is 11.6 Å². The van der Waals surface area contributed by atoms with E-state index in [1.165, 1.54) is 19.0 Å². The third kappa shape index (κ3) is 5.08. The maximum atomic E-state index is 13.0. The van der Waals surface area contributed by atoms with Gasteiger partial charge in [-0.2, -0.15) is 0 Å². The van der Waals surface area contributed by atoms with Crippen molar-refractivity contribution in [2.75, 3.05) is 23.7 Å². The van der Waals surface area contributed by atoms with Gasteiger partial charge >= 0.3 is 0 Å². The number of ketones is 1. The molecule has 0 bridgehead atoms. The molecule has 1 aliphatic heterocycles. The molecular weight excluding hydrogens is 352 g/mol. The van der Waals surface area contributed by atoms with Gasteiger partial charge in [-0.3, -0.25) is 4.79 Å². The molecule has 3 N–H and O–H groups in total. The summed E-state index contributed by atoms with van der Waals surface area (Å²) < 4.78 is 0. The number of carbonyl (C=O) groups is 1. The lowest BCUT2D eigenvalue weighted by molar-refractivity contribution is 0.103. The minimum Gasteiger partial charge on any atom is -0.383 e. The lowest BCUT2D eigenvalue weighted by atomic mass is 10.1. The van der Waals surface area contributed by atoms with Crippen LogP contribution in [0.1, 0.15) is 61.1 Å². The van der Waals surface area contributed by atoms with Crippen molar-refractivity contribution >= 4 is 17.4 Å². The van der Waals surface area contributed by atoms with Crippen LogP contribution < -0.4 is 10.6 Å². The highest BCUT2D eigenvalue weighted by Gasteiger charge is 2.18. The quantitative estimate of drug-likeness (QED) is 0.630. The molecule has 146 valence electrons. The van der Waals surface area contributed by atoms with Crippen LogP contribution in [0, 0.1) is 11.8 Å². The van der Waals surface area contributed by atoms with Crippen molar-refractivity contribution in [2.24, 2.45) is 0 Å². The summed E-state index contributed by atoms with van der Waals surface area (Å²) in [7, 11) is 0. The molecule has 6 heteroatoms. The first kappa shape index (κ1) is 19.8. The molecular formula is C22H26N4O2. The number of pyridine rings is 2. The number of aromatic nitrogens is 2. The number of hydrogen-bond acceptors (Lipinski definition) is 6. The lowest BCUT2D eigenvalue weighted by Crippen LogP contribution is -2.25. The first-order valence-electron chi connectivity index (χ1n) is 9.61. The van der Waals surface area contributed by atoms with Gasteiger partial charge in [0.15, 0.2) is 0 Å². The van der Waals surface area contributed by atoms with E-state index in [4.69, 9.17) is 5.73 Å². The molecule has 3 rings (SSSR count). The van der Waals surface area contributed by atoms with Crippen LogP contribution in [-0.2, 0) is 0 Å². The molecule has 1 saturated heterocycles. The van der Waals surface area contributed by atoms with Gasteiger partial charge in [0.2, 0.25) is 5.78 Å². The molecule has 0 atom stereocenters. The maximum absolute atomic E-state index is 13.0. The van der Waals surface area contributed by atoms with E-state index in [0.29, 0.717) is 11.3 Å². The smallest absolute Gasteiger partial charge is 0.215 e. The van der Waals surface area contributed by atoms with Gasteiger partial charge in [-0.25, -0.2) is 9.97 Å². The highest BCUT2D eigenvalue weighted by Crippen LogP contribution is 2.20. The lowest BCUT2D eigenvalue weighted by Gasteiger charge is -2.21. The topological polar surface area (TPSA) is 92.3 Å². The summed E-state index contributed by atoms with van der Waals surface area (Å²) in [6.07, 6.45) is 6.23. The number of carbonyl (C=O) groups excluding carboxylic acids is 1. The number of hydrogen-bond donors (Lipinski definition) is 2. The van der Waals surface area contributed by atoms with Gasteiger partial charge in [-0.15, -0.1) is 0 Å². The number of anilines is 2. The molecule has 6 nitrogen and oxygen atoms in total. The summed E-state index contributed by atoms with van der Waals surface area (Å²) in [5.41, 5.74) is 5.93. The Bertz CT molecular complexity index is 914. The summed E-state index contributed by atoms with van der Waals surface area (Å²) in [5.74, 6) is 6.22. The van der Waals surface area contributed by atoms with Crippen molar-refractivity contribution in [3.63, 3.8) is 0 Å². The van der Waals surface area contributed by atoms with E-state index in [0.717, 1.165) is 31.7 Å². The first-order chi connectivity index (χ1) is 13.3. The fraction of sp³-hybridized carbons (Fsp3) is 0.409. The Labute approximate surface area is 165 Å². The second-order valence-corrected chi connectivity index (χ2v) is 7.58. The molecule has 0 radical (unpaired) electrons. The summed E-state index contributed by atoms with van der Waals surface area (Å²) in [6, 6.07) is 7.08. The van der Waals surface area contributed by atoms with E-state index in [1.807, 2.05) is 12.1 Å². The first-order valence-corrected chi connectivity index (χ1v) is 9.61. The second kappa shape index (κ2) is 8.41. The van der Waals surface area contributed by atoms with Gasteiger partial charge in [0.1, 0.15) is 22.9 Å². The van der Waals surface area contributed by atoms with Crippen molar-refractivity contribution in [1.82, 2.24) is 9.97 Å². The van der Waals surface area contributed by atoms with Gasteiger partial charge in [-0.05, 0) is 44.9 Å². The standard InChI is InChI=1S/C22H26N4O2/c1-22(2,28)11-10-16-14-17(21(23)24-15-16)20(27)18-8-7-9-19(25-18)26-12-5-3-4-6-13-26/h7-9,14-15,28H,3-6,12-13H2,1-2H3,(H2,23,24). The zero-order valence-corrected chi connectivity index (χ0v) is 16.4. The number of aliphatic hydroxyl groups is 1. The Kier molecular flexibility index (Phi) is 5.96. The molecule has 2 aromatic heterocycles. The van der Waals surface area contributed by atoms with Crippen LogP contribution in [-0.4, -0.2) is 39.5 Å². The minimum atomic E-state index is -1.13. The van der Waals surface area contributed by atoms with Gasteiger partial charge in [0.25, 0.3) is 0 Å². The summed E-state index contributed by atoms with van der Waals surface area (Å²) in [5, 5.41) is 9.76. The van der Waals surface area contributed by atoms with Crippen molar-refractivity contribution in [2.45, 2.75) is 45.1 Å². The third-order valence-corrected chi connectivity index (χ3v) is 4.57. The third-order valence-electron chi connectivity index (χ3n) is 4.57. The van der Waals surface area contributed by atoms with E-state index in [9.17, 15) is 9.90 Å². The molecule has 0 saturated carbocycles. The summed E-state index contributed by atoms with van der Waals surface area (Å²) in [4.78, 5) is 23.9. The number of nitrogens with two attached hydrogens (primary N) is 1. The summed E-state index contributed by atoms with van der Waals surface area (Å²) >= 11 is 0. The zero-order valence-electron chi connectivity index (χ0n) is 16.4. The molecule has 1 fully saturated rings. The average Bonchev–Trinajstić information content (AvgIpc) is 2.96. The van der Waals surface area contributed by atoms with Crippen LogP contribution in [0.25, 0.3) is 0 Å². The van der Waals surface area contributed by atoms with Crippen LogP contribution in [0.5, 0.6) is 0 Å². The number of rotatable bonds is 3. The fourth-order valence-corrected chi connectivity index (χ4v) is 3.11. The Morgan fingerprint density at radius 2 is 1.93 bits per heavy atom. The second-order valence-electron chi connectivity index (χ2n) is 7.58. The van der Waals surface area contributed by atoms with E-state index in [2.05, 4.69) is 26.7 Å². The van der Waals surface area contributed by atoms with Crippen molar-refractivity contribution in [1.29, 1.82) is 0 Å². The van der Waals surface area contributed by atoms with Crippen LogP contribution >= 0.6 is 0 Å². The van der Waals surface area contributed by atoms with Gasteiger partial charge in [0, 0.05) is 24.8 Å². The molecule has 0 unspecified atom stereocenters. The van der Waals surface area contributed by atoms with E-state index < -0.39 is 5.60 Å². The van der Waals surface area contributed by atoms with Crippen molar-refractivity contribution < 1.29 is 9.90 Å². The van der Waals surface area contributed by atoms with E-state index >= 15 is 0 Å². The largest absolute Gasteiger partial charge is 0.383 e. The van der Waals surface area contributed by atoms with Gasteiger partial charge in [-0.1, -0.05) is 30.7 Å². The Hall–Kier alpha value is -2.91. The molecule has 1 aliphatic rings. The van der Waals surface area contributed by atoms with E-state index in [-0.39, 0.29) is 17.2 Å². The molecule has 3 heterocycles. The average molecular weight is 378 g/mol. The van der Waals surface area contributed by atoms with E-state index in [1.54, 1.807) is 26.0 Å². The zero-order chi connectivity index (χ0) is 20.1. The SMILES string of the molecule is CC(C)(O)C#Cc1cnc(N)c(C(=O)c2cccc(N3CCCCCC3)n2)c1. The Morgan fingerprint density at radius 3 is 2.61 bits per heavy atom. The molecule has 0 aliphatic carbocycles. The van der Waals surface area contributed by atoms with Crippen LogP contribution in [0.15, 0.2) is 30.5 Å². The van der Waals surface area contributed by atoms with Crippen LogP contribution in [0.3, 0.4) is 0 Å². The Balaban J connectivity index is 1.89. The Morgan fingerprint density at radius 1 is 1.21 bits per heavy atom. The normalized spacial score (nSPS) is 14.8. The fourth-order valence-electron chi connectivity index (χ4n) is 3.11. The monoisotopic (exact) mass is 378 g/mol. The van der Waals surface area contributed by atoms with Crippen molar-refractivity contribution in [3.8, 4) is 11.8 Å². The van der Waals surface area contributed by atoms with Gasteiger partial charge < -0.3 is 15.7 Å².